The van der Waals surface area contributed by atoms with E-state index in [2.05, 4.69) is 5.32 Å². The molecular weight excluding hydrogens is 190 g/mol. The molecule has 0 aliphatic carbocycles. The van der Waals surface area contributed by atoms with Crippen molar-refractivity contribution in [3.05, 3.63) is 29.8 Å². The molecule has 0 spiro atoms. The van der Waals surface area contributed by atoms with Crippen molar-refractivity contribution in [2.45, 2.75) is 25.0 Å². The van der Waals surface area contributed by atoms with Crippen LogP contribution >= 0.6 is 0 Å². The van der Waals surface area contributed by atoms with Crippen LogP contribution in [0.3, 0.4) is 0 Å². The van der Waals surface area contributed by atoms with E-state index in [-0.39, 0.29) is 6.04 Å². The normalized spacial score (nSPS) is 22.7. The van der Waals surface area contributed by atoms with Crippen LogP contribution in [0.25, 0.3) is 0 Å². The maximum Gasteiger partial charge on any atom is 0.118 e. The van der Waals surface area contributed by atoms with E-state index in [0.29, 0.717) is 0 Å². The third kappa shape index (κ3) is 2.30. The highest BCUT2D eigenvalue weighted by atomic mass is 16.5. The highest BCUT2D eigenvalue weighted by molar-refractivity contribution is 5.29. The highest BCUT2D eigenvalue weighted by Crippen LogP contribution is 2.24. The molecule has 2 atom stereocenters. The van der Waals surface area contributed by atoms with Crippen LogP contribution < -0.4 is 10.1 Å². The first-order chi connectivity index (χ1) is 7.31. The summed E-state index contributed by atoms with van der Waals surface area (Å²) in [5, 5.41) is 13.4. The summed E-state index contributed by atoms with van der Waals surface area (Å²) in [6.07, 6.45) is 1.80. The van der Waals surface area contributed by atoms with Gasteiger partial charge in [-0.05, 0) is 37.1 Å². The Balaban J connectivity index is 2.07. The predicted molar refractivity (Wildman–Crippen MR) is 59.0 cm³/mol. The summed E-state index contributed by atoms with van der Waals surface area (Å²) in [4.78, 5) is 0. The van der Waals surface area contributed by atoms with Crippen molar-refractivity contribution in [1.82, 2.24) is 5.32 Å². The van der Waals surface area contributed by atoms with Crippen LogP contribution in [0.2, 0.25) is 0 Å². The molecule has 0 aromatic heterocycles. The quantitative estimate of drug-likeness (QED) is 0.789. The summed E-state index contributed by atoms with van der Waals surface area (Å²) in [5.74, 6) is 0.824. The zero-order chi connectivity index (χ0) is 10.7. The molecule has 3 heteroatoms. The molecule has 1 aliphatic heterocycles. The molecule has 15 heavy (non-hydrogen) atoms. The number of aliphatic hydroxyl groups is 1. The molecule has 1 fully saturated rings. The maximum absolute atomic E-state index is 10.1. The molecule has 1 aromatic rings. The van der Waals surface area contributed by atoms with E-state index in [0.717, 1.165) is 30.7 Å². The second-order valence-electron chi connectivity index (χ2n) is 3.92. The van der Waals surface area contributed by atoms with Gasteiger partial charge in [0.15, 0.2) is 0 Å². The van der Waals surface area contributed by atoms with Gasteiger partial charge in [-0.2, -0.15) is 0 Å². The van der Waals surface area contributed by atoms with Gasteiger partial charge in [0, 0.05) is 6.04 Å². The van der Waals surface area contributed by atoms with E-state index in [1.165, 1.54) is 0 Å². The highest BCUT2D eigenvalue weighted by Gasteiger charge is 2.23. The summed E-state index contributed by atoms with van der Waals surface area (Å²) < 4.78 is 5.08. The van der Waals surface area contributed by atoms with Gasteiger partial charge < -0.3 is 15.2 Å². The molecule has 2 rings (SSSR count). The molecule has 1 heterocycles. The van der Waals surface area contributed by atoms with Crippen molar-refractivity contribution in [2.24, 2.45) is 0 Å². The average Bonchev–Trinajstić information content (AvgIpc) is 2.82. The molecule has 0 bridgehead atoms. The van der Waals surface area contributed by atoms with E-state index < -0.39 is 6.10 Å². The minimum absolute atomic E-state index is 0.207. The Morgan fingerprint density at radius 3 is 2.67 bits per heavy atom. The van der Waals surface area contributed by atoms with Crippen molar-refractivity contribution >= 4 is 0 Å². The molecule has 1 aliphatic rings. The van der Waals surface area contributed by atoms with Gasteiger partial charge in [-0.1, -0.05) is 12.1 Å². The molecule has 0 amide bonds. The van der Waals surface area contributed by atoms with E-state index in [9.17, 15) is 5.11 Å². The molecule has 0 saturated carbocycles. The van der Waals surface area contributed by atoms with Crippen LogP contribution in [0.1, 0.15) is 24.5 Å². The summed E-state index contributed by atoms with van der Waals surface area (Å²) in [7, 11) is 1.64. The van der Waals surface area contributed by atoms with Crippen LogP contribution in [-0.2, 0) is 0 Å². The lowest BCUT2D eigenvalue weighted by atomic mass is 10.0. The van der Waals surface area contributed by atoms with Crippen molar-refractivity contribution < 1.29 is 9.84 Å². The minimum atomic E-state index is -0.404. The Hall–Kier alpha value is -1.06. The second-order valence-corrected chi connectivity index (χ2v) is 3.92. The fourth-order valence-corrected chi connectivity index (χ4v) is 2.01. The van der Waals surface area contributed by atoms with Gasteiger partial charge in [-0.25, -0.2) is 0 Å². The fraction of sp³-hybridized carbons (Fsp3) is 0.500. The number of nitrogens with one attached hydrogen (secondary N) is 1. The summed E-state index contributed by atoms with van der Waals surface area (Å²) in [5.41, 5.74) is 0.954. The Labute approximate surface area is 90.1 Å². The number of hydrogen-bond acceptors (Lipinski definition) is 3. The first-order valence-electron chi connectivity index (χ1n) is 5.36. The lowest BCUT2D eigenvalue weighted by Crippen LogP contribution is -2.28. The molecule has 1 unspecified atom stereocenters. The third-order valence-electron chi connectivity index (χ3n) is 2.94. The number of aliphatic hydroxyl groups excluding tert-OH is 1. The molecule has 1 saturated heterocycles. The zero-order valence-corrected chi connectivity index (χ0v) is 8.94. The Morgan fingerprint density at radius 1 is 1.40 bits per heavy atom. The smallest absolute Gasteiger partial charge is 0.118 e. The van der Waals surface area contributed by atoms with Crippen molar-refractivity contribution in [1.29, 1.82) is 0 Å². The fourth-order valence-electron chi connectivity index (χ4n) is 2.01. The van der Waals surface area contributed by atoms with E-state index in [1.807, 2.05) is 24.3 Å². The molecular formula is C12H17NO2. The van der Waals surface area contributed by atoms with Gasteiger partial charge in [0.25, 0.3) is 0 Å². The lowest BCUT2D eigenvalue weighted by molar-refractivity contribution is 0.137. The molecule has 3 nitrogen and oxygen atoms in total. The third-order valence-corrected chi connectivity index (χ3v) is 2.94. The predicted octanol–water partition coefficient (Wildman–Crippen LogP) is 1.48. The van der Waals surface area contributed by atoms with Gasteiger partial charge in [0.1, 0.15) is 5.75 Å². The van der Waals surface area contributed by atoms with Gasteiger partial charge in [0.2, 0.25) is 0 Å². The number of hydrogen-bond donors (Lipinski definition) is 2. The van der Waals surface area contributed by atoms with Gasteiger partial charge in [-0.3, -0.25) is 0 Å². The van der Waals surface area contributed by atoms with E-state index in [1.54, 1.807) is 7.11 Å². The lowest BCUT2D eigenvalue weighted by Gasteiger charge is -2.18. The molecule has 1 aromatic carbocycles. The number of rotatable bonds is 3. The summed E-state index contributed by atoms with van der Waals surface area (Å²) in [6, 6.07) is 7.81. The average molecular weight is 207 g/mol. The number of ether oxygens (including phenoxy) is 1. The van der Waals surface area contributed by atoms with Crippen LogP contribution in [0.4, 0.5) is 0 Å². The van der Waals surface area contributed by atoms with Crippen molar-refractivity contribution in [3.8, 4) is 5.75 Å². The first kappa shape index (κ1) is 10.5. The standard InChI is InChI=1S/C12H17NO2/c1-15-10-6-4-9(5-7-10)12(14)11-3-2-8-13-11/h4-7,11-14H,2-3,8H2,1H3/t11?,12-/m1/s1. The van der Waals surface area contributed by atoms with Gasteiger partial charge in [-0.15, -0.1) is 0 Å². The van der Waals surface area contributed by atoms with Crippen LogP contribution in [0, 0.1) is 0 Å². The Morgan fingerprint density at radius 2 is 2.13 bits per heavy atom. The van der Waals surface area contributed by atoms with Crippen molar-refractivity contribution in [3.63, 3.8) is 0 Å². The second kappa shape index (κ2) is 4.64. The van der Waals surface area contributed by atoms with E-state index in [4.69, 9.17) is 4.74 Å². The van der Waals surface area contributed by atoms with Crippen LogP contribution in [0.15, 0.2) is 24.3 Å². The molecule has 2 N–H and O–H groups in total. The van der Waals surface area contributed by atoms with Crippen LogP contribution in [-0.4, -0.2) is 24.8 Å². The van der Waals surface area contributed by atoms with Gasteiger partial charge >= 0.3 is 0 Å². The van der Waals surface area contributed by atoms with Crippen molar-refractivity contribution in [2.75, 3.05) is 13.7 Å². The topological polar surface area (TPSA) is 41.5 Å². The largest absolute Gasteiger partial charge is 0.497 e. The summed E-state index contributed by atoms with van der Waals surface area (Å²) >= 11 is 0. The molecule has 0 radical (unpaired) electrons. The number of methoxy groups -OCH3 is 1. The van der Waals surface area contributed by atoms with Gasteiger partial charge in [0.05, 0.1) is 13.2 Å². The van der Waals surface area contributed by atoms with Crippen LogP contribution in [0.5, 0.6) is 5.75 Å². The maximum atomic E-state index is 10.1. The SMILES string of the molecule is COc1ccc([C@@H](O)C2CCCN2)cc1. The monoisotopic (exact) mass is 207 g/mol. The van der Waals surface area contributed by atoms with E-state index >= 15 is 0 Å². The molecule has 82 valence electrons. The summed E-state index contributed by atoms with van der Waals surface area (Å²) in [6.45, 7) is 1.01. The minimum Gasteiger partial charge on any atom is -0.497 e. The number of benzene rings is 1. The zero-order valence-electron chi connectivity index (χ0n) is 8.94. The Bertz CT molecular complexity index is 304. The first-order valence-corrected chi connectivity index (χ1v) is 5.36. The Kier molecular flexibility index (Phi) is 3.23.